The van der Waals surface area contributed by atoms with Crippen LogP contribution in [-0.2, 0) is 0 Å². The fraction of sp³-hybridized carbons (Fsp3) is 0. The highest BCUT2D eigenvalue weighted by atomic mass is 32.1. The van der Waals surface area contributed by atoms with Gasteiger partial charge in [0, 0.05) is 5.38 Å². The van der Waals surface area contributed by atoms with Crippen molar-refractivity contribution in [1.29, 1.82) is 0 Å². The average Bonchev–Trinajstić information content (AvgIpc) is 2.74. The molecule has 12 heavy (non-hydrogen) atoms. The molecule has 2 aromatic heterocycles. The molecule has 2 heterocycles. The smallest absolute Gasteiger partial charge is 0.0924 e. The second-order valence-corrected chi connectivity index (χ2v) is 2.93. The topological polar surface area (TPSA) is 41.6 Å². The van der Waals surface area contributed by atoms with E-state index in [4.69, 9.17) is 0 Å². The van der Waals surface area contributed by atoms with E-state index in [-0.39, 0.29) is 0 Å². The third-order valence-electron chi connectivity index (χ3n) is 1.41. The first-order valence-corrected chi connectivity index (χ1v) is 4.35. The van der Waals surface area contributed by atoms with Crippen LogP contribution in [0, 0.1) is 0 Å². The van der Waals surface area contributed by atoms with Crippen LogP contribution < -0.4 is 0 Å². The largest absolute Gasteiger partial charge is 0.345 e. The number of hydrogen-bond donors (Lipinski definition) is 1. The van der Waals surface area contributed by atoms with Crippen molar-refractivity contribution < 1.29 is 0 Å². The Morgan fingerprint density at radius 1 is 1.42 bits per heavy atom. The minimum atomic E-state index is 0.981. The van der Waals surface area contributed by atoms with Crippen LogP contribution in [0.2, 0.25) is 0 Å². The van der Waals surface area contributed by atoms with Crippen LogP contribution in [0.5, 0.6) is 0 Å². The van der Waals surface area contributed by atoms with Crippen molar-refractivity contribution in [3.05, 3.63) is 35.4 Å². The molecule has 0 aromatic carbocycles. The van der Waals surface area contributed by atoms with Gasteiger partial charge in [-0.3, -0.25) is 0 Å². The molecular formula is C8H7N3S. The molecule has 2 rings (SSSR count). The molecule has 0 aliphatic rings. The van der Waals surface area contributed by atoms with Crippen molar-refractivity contribution in [2.75, 3.05) is 0 Å². The molecule has 0 saturated heterocycles. The van der Waals surface area contributed by atoms with Gasteiger partial charge in [0.1, 0.15) is 0 Å². The zero-order valence-electron chi connectivity index (χ0n) is 6.27. The van der Waals surface area contributed by atoms with Crippen molar-refractivity contribution in [3.8, 4) is 0 Å². The van der Waals surface area contributed by atoms with Crippen LogP contribution in [0.1, 0.15) is 11.4 Å². The van der Waals surface area contributed by atoms with Crippen LogP contribution in [0.15, 0.2) is 24.0 Å². The van der Waals surface area contributed by atoms with Gasteiger partial charge in [-0.25, -0.2) is 4.98 Å². The Bertz CT molecular complexity index is 311. The van der Waals surface area contributed by atoms with Crippen LogP contribution in [0.4, 0.5) is 0 Å². The van der Waals surface area contributed by atoms with E-state index in [2.05, 4.69) is 14.3 Å². The molecule has 0 unspecified atom stereocenters. The summed E-state index contributed by atoms with van der Waals surface area (Å²) in [6, 6.07) is 1.97. The van der Waals surface area contributed by atoms with E-state index in [1.165, 1.54) is 11.5 Å². The molecule has 0 radical (unpaired) electrons. The van der Waals surface area contributed by atoms with Crippen LogP contribution >= 0.6 is 11.5 Å². The second kappa shape index (κ2) is 3.32. The standard InChI is InChI=1S/C8H7N3S/c1(7-3-4-12-11-7)2-8-5-9-6-10-8/h1-6H,(H,9,10). The molecule has 4 heteroatoms. The van der Waals surface area contributed by atoms with Crippen LogP contribution in [0.25, 0.3) is 12.2 Å². The molecule has 1 N–H and O–H groups in total. The van der Waals surface area contributed by atoms with Gasteiger partial charge < -0.3 is 4.98 Å². The van der Waals surface area contributed by atoms with Gasteiger partial charge in [-0.15, -0.1) is 0 Å². The molecular weight excluding hydrogens is 170 g/mol. The first kappa shape index (κ1) is 7.24. The average molecular weight is 177 g/mol. The Balaban J connectivity index is 2.14. The lowest BCUT2D eigenvalue weighted by molar-refractivity contribution is 1.31. The summed E-state index contributed by atoms with van der Waals surface area (Å²) in [5.74, 6) is 0. The predicted octanol–water partition coefficient (Wildman–Crippen LogP) is 2.04. The molecule has 0 aliphatic carbocycles. The lowest BCUT2D eigenvalue weighted by atomic mass is 10.3. The second-order valence-electron chi connectivity index (χ2n) is 2.26. The maximum absolute atomic E-state index is 4.14. The summed E-state index contributed by atoms with van der Waals surface area (Å²) in [6.07, 6.45) is 7.32. The van der Waals surface area contributed by atoms with Crippen molar-refractivity contribution >= 4 is 23.7 Å². The number of hydrogen-bond acceptors (Lipinski definition) is 3. The molecule has 0 fully saturated rings. The van der Waals surface area contributed by atoms with Gasteiger partial charge >= 0.3 is 0 Å². The summed E-state index contributed by atoms with van der Waals surface area (Å²) in [7, 11) is 0. The minimum Gasteiger partial charge on any atom is -0.345 e. The quantitative estimate of drug-likeness (QED) is 0.762. The number of aromatic nitrogens is 3. The number of aromatic amines is 1. The van der Waals surface area contributed by atoms with Crippen molar-refractivity contribution in [1.82, 2.24) is 14.3 Å². The number of rotatable bonds is 2. The summed E-state index contributed by atoms with van der Waals surface area (Å²) < 4.78 is 4.14. The molecule has 0 atom stereocenters. The zero-order chi connectivity index (χ0) is 8.23. The molecule has 2 aromatic rings. The highest BCUT2D eigenvalue weighted by Crippen LogP contribution is 2.04. The van der Waals surface area contributed by atoms with Crippen molar-refractivity contribution in [2.45, 2.75) is 0 Å². The van der Waals surface area contributed by atoms with Gasteiger partial charge in [-0.05, 0) is 29.8 Å². The number of nitrogens with zero attached hydrogens (tertiary/aromatic N) is 2. The number of H-pyrrole nitrogens is 1. The van der Waals surface area contributed by atoms with Gasteiger partial charge in [-0.1, -0.05) is 0 Å². The predicted molar refractivity (Wildman–Crippen MR) is 49.6 cm³/mol. The van der Waals surface area contributed by atoms with Gasteiger partial charge in [-0.2, -0.15) is 4.37 Å². The van der Waals surface area contributed by atoms with E-state index in [0.29, 0.717) is 0 Å². The maximum atomic E-state index is 4.14. The normalized spacial score (nSPS) is 11.0. The van der Waals surface area contributed by atoms with Crippen molar-refractivity contribution in [3.63, 3.8) is 0 Å². The van der Waals surface area contributed by atoms with E-state index >= 15 is 0 Å². The Hall–Kier alpha value is -1.42. The Labute approximate surface area is 74.0 Å². The fourth-order valence-corrected chi connectivity index (χ4v) is 1.35. The van der Waals surface area contributed by atoms with E-state index < -0.39 is 0 Å². The molecule has 0 amide bonds. The van der Waals surface area contributed by atoms with Gasteiger partial charge in [0.15, 0.2) is 0 Å². The zero-order valence-corrected chi connectivity index (χ0v) is 7.08. The third kappa shape index (κ3) is 1.60. The molecule has 0 spiro atoms. The summed E-state index contributed by atoms with van der Waals surface area (Å²) in [6.45, 7) is 0. The maximum Gasteiger partial charge on any atom is 0.0924 e. The highest BCUT2D eigenvalue weighted by Gasteiger charge is 1.88. The number of imidazole rings is 1. The summed E-state index contributed by atoms with van der Waals surface area (Å²) in [5, 5.41) is 1.95. The highest BCUT2D eigenvalue weighted by molar-refractivity contribution is 7.03. The Morgan fingerprint density at radius 2 is 2.42 bits per heavy atom. The Kier molecular flexibility index (Phi) is 2.00. The molecule has 0 bridgehead atoms. The molecule has 0 aliphatic heterocycles. The summed E-state index contributed by atoms with van der Waals surface area (Å²) in [4.78, 5) is 6.87. The van der Waals surface area contributed by atoms with Gasteiger partial charge in [0.2, 0.25) is 0 Å². The van der Waals surface area contributed by atoms with Crippen LogP contribution in [0.3, 0.4) is 0 Å². The van der Waals surface area contributed by atoms with Crippen LogP contribution in [-0.4, -0.2) is 14.3 Å². The first-order chi connectivity index (χ1) is 5.95. The van der Waals surface area contributed by atoms with E-state index in [1.807, 2.05) is 23.6 Å². The summed E-state index contributed by atoms with van der Waals surface area (Å²) in [5.41, 5.74) is 1.97. The lowest BCUT2D eigenvalue weighted by Gasteiger charge is -1.81. The Morgan fingerprint density at radius 3 is 3.08 bits per heavy atom. The molecule has 0 saturated carbocycles. The van der Waals surface area contributed by atoms with Gasteiger partial charge in [0.05, 0.1) is 23.9 Å². The first-order valence-electron chi connectivity index (χ1n) is 3.52. The molecule has 60 valence electrons. The van der Waals surface area contributed by atoms with E-state index in [9.17, 15) is 0 Å². The van der Waals surface area contributed by atoms with E-state index in [0.717, 1.165) is 11.4 Å². The lowest BCUT2D eigenvalue weighted by Crippen LogP contribution is -1.69. The minimum absolute atomic E-state index is 0.981. The molecule has 3 nitrogen and oxygen atoms in total. The third-order valence-corrected chi connectivity index (χ3v) is 1.98. The SMILES string of the molecule is C(=Cc1cnc[nH]1)c1ccsn1. The van der Waals surface area contributed by atoms with Crippen molar-refractivity contribution in [2.24, 2.45) is 0 Å². The monoisotopic (exact) mass is 177 g/mol. The van der Waals surface area contributed by atoms with E-state index in [1.54, 1.807) is 12.5 Å². The fourth-order valence-electron chi connectivity index (χ4n) is 0.841. The number of nitrogens with one attached hydrogen (secondary N) is 1. The summed E-state index contributed by atoms with van der Waals surface area (Å²) >= 11 is 1.45. The van der Waals surface area contributed by atoms with Gasteiger partial charge in [0.25, 0.3) is 0 Å².